The molecule has 0 aliphatic carbocycles. The number of sulfonamides is 1. The largest absolute Gasteiger partial charge is 0.492 e. The molecule has 3 rings (SSSR count). The third kappa shape index (κ3) is 8.86. The zero-order chi connectivity index (χ0) is 30.9. The molecule has 2 amide bonds. The Kier molecular flexibility index (Phi) is 12.1. The van der Waals surface area contributed by atoms with E-state index in [4.69, 9.17) is 27.9 Å². The predicted octanol–water partition coefficient (Wildman–Crippen LogP) is 5.71. The Labute approximate surface area is 258 Å². The number of nitrogens with zero attached hydrogens (tertiary/aromatic N) is 2. The van der Waals surface area contributed by atoms with E-state index < -0.39 is 28.5 Å². The fourth-order valence-electron chi connectivity index (χ4n) is 4.38. The molecule has 1 N–H and O–H groups in total. The topological polar surface area (TPSA) is 96.0 Å². The van der Waals surface area contributed by atoms with Crippen LogP contribution in [-0.2, 0) is 32.6 Å². The van der Waals surface area contributed by atoms with Gasteiger partial charge in [-0.15, -0.1) is 0 Å². The molecule has 226 valence electrons. The van der Waals surface area contributed by atoms with Gasteiger partial charge in [0.05, 0.1) is 18.6 Å². The number of para-hydroxylation sites is 2. The molecule has 8 nitrogen and oxygen atoms in total. The minimum Gasteiger partial charge on any atom is -0.492 e. The number of amides is 2. The van der Waals surface area contributed by atoms with Crippen LogP contribution in [0.4, 0.5) is 5.69 Å². The maximum absolute atomic E-state index is 14.3. The van der Waals surface area contributed by atoms with Gasteiger partial charge in [-0.1, -0.05) is 78.7 Å². The molecule has 0 unspecified atom stereocenters. The molecule has 0 radical (unpaired) electrons. The molecule has 0 aromatic heterocycles. The second-order valence-electron chi connectivity index (χ2n) is 9.92. The Bertz CT molecular complexity index is 1450. The van der Waals surface area contributed by atoms with Gasteiger partial charge in [-0.2, -0.15) is 0 Å². The summed E-state index contributed by atoms with van der Waals surface area (Å²) in [6.07, 6.45) is 1.89. The standard InChI is InChI=1S/C31H37Cl2N3O5S/c1-5-22(3)34-31(38)28(19-23-13-8-7-9-14-23)35(20-24-25(32)15-12-16-26(24)33)30(37)21-36(42(4,39)40)27-17-10-11-18-29(27)41-6-2/h7-18,22,28H,5-6,19-21H2,1-4H3,(H,34,38)/t22-,28+/m1/s1. The van der Waals surface area contributed by atoms with Gasteiger partial charge in [0, 0.05) is 34.6 Å². The number of hydrogen-bond donors (Lipinski definition) is 1. The van der Waals surface area contributed by atoms with Crippen LogP contribution in [0.2, 0.25) is 10.0 Å². The van der Waals surface area contributed by atoms with Gasteiger partial charge >= 0.3 is 0 Å². The van der Waals surface area contributed by atoms with Crippen LogP contribution in [-0.4, -0.2) is 56.6 Å². The van der Waals surface area contributed by atoms with Gasteiger partial charge in [0.1, 0.15) is 18.3 Å². The minimum absolute atomic E-state index is 0.118. The molecule has 2 atom stereocenters. The van der Waals surface area contributed by atoms with E-state index in [0.717, 1.165) is 16.1 Å². The highest BCUT2D eigenvalue weighted by atomic mass is 35.5. The molecule has 11 heteroatoms. The zero-order valence-electron chi connectivity index (χ0n) is 24.2. The van der Waals surface area contributed by atoms with E-state index in [0.29, 0.717) is 34.4 Å². The van der Waals surface area contributed by atoms with Crippen LogP contribution in [0.25, 0.3) is 0 Å². The van der Waals surface area contributed by atoms with Crippen molar-refractivity contribution >= 4 is 50.7 Å². The van der Waals surface area contributed by atoms with Crippen molar-refractivity contribution in [1.29, 1.82) is 0 Å². The van der Waals surface area contributed by atoms with E-state index in [1.54, 1.807) is 49.4 Å². The molecule has 42 heavy (non-hydrogen) atoms. The second kappa shape index (κ2) is 15.3. The molecular weight excluding hydrogens is 597 g/mol. The molecule has 0 spiro atoms. The number of carbonyl (C=O) groups excluding carboxylic acids is 2. The summed E-state index contributed by atoms with van der Waals surface area (Å²) in [5.41, 5.74) is 1.49. The highest BCUT2D eigenvalue weighted by Gasteiger charge is 2.34. The van der Waals surface area contributed by atoms with Gasteiger partial charge in [-0.3, -0.25) is 13.9 Å². The predicted molar refractivity (Wildman–Crippen MR) is 169 cm³/mol. The van der Waals surface area contributed by atoms with Gasteiger partial charge in [0.2, 0.25) is 21.8 Å². The number of rotatable bonds is 14. The first-order valence-electron chi connectivity index (χ1n) is 13.7. The lowest BCUT2D eigenvalue weighted by Crippen LogP contribution is -2.54. The highest BCUT2D eigenvalue weighted by Crippen LogP contribution is 2.31. The van der Waals surface area contributed by atoms with Gasteiger partial charge < -0.3 is 15.0 Å². The van der Waals surface area contributed by atoms with E-state index >= 15 is 0 Å². The lowest BCUT2D eigenvalue weighted by Gasteiger charge is -2.34. The summed E-state index contributed by atoms with van der Waals surface area (Å²) in [5.74, 6) is -0.664. The van der Waals surface area contributed by atoms with Gasteiger partial charge in [-0.05, 0) is 50.1 Å². The molecular formula is C31H37Cl2N3O5S. The molecule has 3 aromatic rings. The number of carbonyl (C=O) groups is 2. The summed E-state index contributed by atoms with van der Waals surface area (Å²) in [6, 6.07) is 19.8. The van der Waals surface area contributed by atoms with Crippen molar-refractivity contribution in [2.24, 2.45) is 0 Å². The summed E-state index contributed by atoms with van der Waals surface area (Å²) in [5, 5.41) is 3.63. The van der Waals surface area contributed by atoms with E-state index in [9.17, 15) is 18.0 Å². The SMILES string of the molecule is CCOc1ccccc1N(CC(=O)N(Cc1c(Cl)cccc1Cl)[C@@H](Cc1ccccc1)C(=O)N[C@H](C)CC)S(C)(=O)=O. The monoisotopic (exact) mass is 633 g/mol. The first-order valence-corrected chi connectivity index (χ1v) is 16.3. The number of ether oxygens (including phenoxy) is 1. The average Bonchev–Trinajstić information content (AvgIpc) is 2.95. The van der Waals surface area contributed by atoms with Crippen LogP contribution in [0, 0.1) is 0 Å². The van der Waals surface area contributed by atoms with Gasteiger partial charge in [-0.25, -0.2) is 8.42 Å². The number of benzene rings is 3. The summed E-state index contributed by atoms with van der Waals surface area (Å²) in [6.45, 7) is 5.22. The number of halogens is 2. The molecule has 0 heterocycles. The molecule has 0 fully saturated rings. The van der Waals surface area contributed by atoms with E-state index in [1.165, 1.54) is 4.90 Å². The van der Waals surface area contributed by atoms with Crippen molar-refractivity contribution in [3.8, 4) is 5.75 Å². The number of nitrogens with one attached hydrogen (secondary N) is 1. The quantitative estimate of drug-likeness (QED) is 0.245. The average molecular weight is 635 g/mol. The number of anilines is 1. The second-order valence-corrected chi connectivity index (χ2v) is 12.6. The Morgan fingerprint density at radius 2 is 1.55 bits per heavy atom. The van der Waals surface area contributed by atoms with Crippen LogP contribution in [0.15, 0.2) is 72.8 Å². The van der Waals surface area contributed by atoms with Crippen molar-refractivity contribution in [1.82, 2.24) is 10.2 Å². The maximum atomic E-state index is 14.3. The lowest BCUT2D eigenvalue weighted by atomic mass is 10.0. The van der Waals surface area contributed by atoms with Crippen molar-refractivity contribution in [2.75, 3.05) is 23.7 Å². The first kappa shape index (κ1) is 33.2. The van der Waals surface area contributed by atoms with Crippen LogP contribution >= 0.6 is 23.2 Å². The summed E-state index contributed by atoms with van der Waals surface area (Å²) < 4.78 is 32.8. The maximum Gasteiger partial charge on any atom is 0.244 e. The molecule has 3 aromatic carbocycles. The number of hydrogen-bond acceptors (Lipinski definition) is 5. The van der Waals surface area contributed by atoms with E-state index in [-0.39, 0.29) is 30.6 Å². The fourth-order valence-corrected chi connectivity index (χ4v) is 5.75. The zero-order valence-corrected chi connectivity index (χ0v) is 26.5. The highest BCUT2D eigenvalue weighted by molar-refractivity contribution is 7.92. The first-order chi connectivity index (χ1) is 20.0. The lowest BCUT2D eigenvalue weighted by molar-refractivity contribution is -0.140. The van der Waals surface area contributed by atoms with Crippen molar-refractivity contribution in [3.63, 3.8) is 0 Å². The van der Waals surface area contributed by atoms with Crippen molar-refractivity contribution in [2.45, 2.75) is 52.2 Å². The Hall–Kier alpha value is -3.27. The van der Waals surface area contributed by atoms with Gasteiger partial charge in [0.15, 0.2) is 0 Å². The molecule has 0 aliphatic rings. The van der Waals surface area contributed by atoms with E-state index in [1.807, 2.05) is 44.2 Å². The molecule has 0 aliphatic heterocycles. The van der Waals surface area contributed by atoms with Crippen molar-refractivity contribution < 1.29 is 22.7 Å². The molecule has 0 saturated heterocycles. The van der Waals surface area contributed by atoms with Crippen LogP contribution in [0.3, 0.4) is 0 Å². The summed E-state index contributed by atoms with van der Waals surface area (Å²) in [4.78, 5) is 29.4. The van der Waals surface area contributed by atoms with E-state index in [2.05, 4.69) is 5.32 Å². The normalized spacial score (nSPS) is 12.7. The smallest absolute Gasteiger partial charge is 0.244 e. The van der Waals surface area contributed by atoms with Crippen LogP contribution in [0.5, 0.6) is 5.75 Å². The Balaban J connectivity index is 2.13. The van der Waals surface area contributed by atoms with Gasteiger partial charge in [0.25, 0.3) is 0 Å². The Morgan fingerprint density at radius 3 is 2.14 bits per heavy atom. The minimum atomic E-state index is -3.95. The third-order valence-corrected chi connectivity index (χ3v) is 8.61. The van der Waals surface area contributed by atoms with Crippen LogP contribution < -0.4 is 14.4 Å². The van der Waals surface area contributed by atoms with Crippen molar-refractivity contribution in [3.05, 3.63) is 94.0 Å². The summed E-state index contributed by atoms with van der Waals surface area (Å²) >= 11 is 13.0. The molecule has 0 saturated carbocycles. The third-order valence-electron chi connectivity index (χ3n) is 6.78. The fraction of sp³-hybridized carbons (Fsp3) is 0.355. The molecule has 0 bridgehead atoms. The summed E-state index contributed by atoms with van der Waals surface area (Å²) in [7, 11) is -3.95. The Morgan fingerprint density at radius 1 is 0.929 bits per heavy atom. The van der Waals surface area contributed by atoms with Crippen LogP contribution in [0.1, 0.15) is 38.3 Å².